The summed E-state index contributed by atoms with van der Waals surface area (Å²) in [4.78, 5) is 32.7. The van der Waals surface area contributed by atoms with E-state index >= 15 is 0 Å². The van der Waals surface area contributed by atoms with Gasteiger partial charge in [-0.2, -0.15) is 0 Å². The highest BCUT2D eigenvalue weighted by atomic mass is 35.5. The molecule has 1 fully saturated rings. The van der Waals surface area contributed by atoms with Gasteiger partial charge in [0.15, 0.2) is 0 Å². The zero-order chi connectivity index (χ0) is 27.3. The minimum Gasteiger partial charge on any atom is -0.465 e. The molecule has 0 unspecified atom stereocenters. The van der Waals surface area contributed by atoms with Gasteiger partial charge in [0.2, 0.25) is 5.91 Å². The SMILES string of the molecule is CCCOC(=O)CN[C@@](C)(C(=O)N1CCCC1)c1ccc2c(c1)nc(CNc1ccc(C(=N)N)cc1)n2C.Cl. The van der Waals surface area contributed by atoms with E-state index in [9.17, 15) is 9.59 Å². The number of aromatic nitrogens is 2. The summed E-state index contributed by atoms with van der Waals surface area (Å²) in [6.07, 6.45) is 2.70. The Morgan fingerprint density at radius 1 is 1.15 bits per heavy atom. The second-order valence-electron chi connectivity index (χ2n) is 9.83. The van der Waals surface area contributed by atoms with Crippen molar-refractivity contribution in [3.8, 4) is 0 Å². The fourth-order valence-corrected chi connectivity index (χ4v) is 4.72. The lowest BCUT2D eigenvalue weighted by Gasteiger charge is -2.34. The number of halogens is 1. The molecule has 1 saturated heterocycles. The predicted octanol–water partition coefficient (Wildman–Crippen LogP) is 3.27. The summed E-state index contributed by atoms with van der Waals surface area (Å²) in [6.45, 7) is 5.99. The van der Waals surface area contributed by atoms with E-state index in [2.05, 4.69) is 10.6 Å². The molecule has 1 aliphatic heterocycles. The van der Waals surface area contributed by atoms with Gasteiger partial charge in [-0.15, -0.1) is 12.4 Å². The molecule has 2 aromatic carbocycles. The van der Waals surface area contributed by atoms with Crippen molar-refractivity contribution in [3.05, 3.63) is 59.4 Å². The van der Waals surface area contributed by atoms with E-state index in [4.69, 9.17) is 20.9 Å². The van der Waals surface area contributed by atoms with Crippen molar-refractivity contribution < 1.29 is 14.3 Å². The number of nitrogens with one attached hydrogen (secondary N) is 3. The van der Waals surface area contributed by atoms with Crippen LogP contribution in [0, 0.1) is 5.41 Å². The molecule has 0 saturated carbocycles. The monoisotopic (exact) mass is 555 g/mol. The summed E-state index contributed by atoms with van der Waals surface area (Å²) >= 11 is 0. The van der Waals surface area contributed by atoms with Gasteiger partial charge in [0, 0.05) is 31.4 Å². The van der Waals surface area contributed by atoms with E-state index in [-0.39, 0.29) is 36.7 Å². The van der Waals surface area contributed by atoms with Crippen molar-refractivity contribution in [1.82, 2.24) is 19.8 Å². The molecule has 0 spiro atoms. The van der Waals surface area contributed by atoms with Crippen molar-refractivity contribution in [2.24, 2.45) is 12.8 Å². The number of benzene rings is 2. The number of hydrogen-bond donors (Lipinski definition) is 4. The number of anilines is 1. The number of nitrogen functional groups attached to an aromatic ring is 1. The first-order valence-electron chi connectivity index (χ1n) is 13.1. The summed E-state index contributed by atoms with van der Waals surface area (Å²) in [7, 11) is 1.96. The third kappa shape index (κ3) is 6.69. The van der Waals surface area contributed by atoms with Crippen molar-refractivity contribution >= 4 is 46.8 Å². The lowest BCUT2D eigenvalue weighted by atomic mass is 9.89. The molecule has 1 aromatic heterocycles. The van der Waals surface area contributed by atoms with E-state index in [0.717, 1.165) is 47.4 Å². The topological polar surface area (TPSA) is 138 Å². The van der Waals surface area contributed by atoms with Gasteiger partial charge in [0.05, 0.1) is 30.7 Å². The lowest BCUT2D eigenvalue weighted by molar-refractivity contribution is -0.144. The molecule has 0 aliphatic carbocycles. The van der Waals surface area contributed by atoms with Crippen molar-refractivity contribution in [1.29, 1.82) is 5.41 Å². The molecule has 210 valence electrons. The zero-order valence-electron chi connectivity index (χ0n) is 22.8. The molecule has 39 heavy (non-hydrogen) atoms. The molecule has 0 radical (unpaired) electrons. The van der Waals surface area contributed by atoms with Crippen LogP contribution in [0.1, 0.15) is 50.1 Å². The van der Waals surface area contributed by atoms with Gasteiger partial charge in [0.1, 0.15) is 17.2 Å². The smallest absolute Gasteiger partial charge is 0.319 e. The quantitative estimate of drug-likeness (QED) is 0.162. The zero-order valence-corrected chi connectivity index (χ0v) is 23.6. The number of amidine groups is 1. The van der Waals surface area contributed by atoms with Crippen LogP contribution in [0.2, 0.25) is 0 Å². The van der Waals surface area contributed by atoms with Gasteiger partial charge in [0.25, 0.3) is 0 Å². The van der Waals surface area contributed by atoms with Gasteiger partial charge in [-0.3, -0.25) is 20.3 Å². The molecule has 1 amide bonds. The lowest BCUT2D eigenvalue weighted by Crippen LogP contribution is -2.54. The second-order valence-corrected chi connectivity index (χ2v) is 9.83. The fourth-order valence-electron chi connectivity index (χ4n) is 4.72. The Morgan fingerprint density at radius 2 is 1.85 bits per heavy atom. The van der Waals surface area contributed by atoms with Crippen LogP contribution in [0.25, 0.3) is 11.0 Å². The standard InChI is InChI=1S/C28H37N7O3.ClH/c1-4-15-38-25(36)18-32-28(2,27(37)35-13-5-6-14-35)20-9-12-23-22(16-20)33-24(34(23)3)17-31-21-10-7-19(8-11-21)26(29)30;/h7-12,16,31-32H,4-6,13-15,17-18H2,1-3H3,(H3,29,30);1H/t28-;/m1./s1. The van der Waals surface area contributed by atoms with E-state index in [1.165, 1.54) is 0 Å². The van der Waals surface area contributed by atoms with E-state index < -0.39 is 5.54 Å². The molecule has 10 nitrogen and oxygen atoms in total. The number of hydrogen-bond acceptors (Lipinski definition) is 7. The Kier molecular flexibility index (Phi) is 9.93. The predicted molar refractivity (Wildman–Crippen MR) is 155 cm³/mol. The number of esters is 1. The van der Waals surface area contributed by atoms with Crippen LogP contribution in [0.4, 0.5) is 5.69 Å². The Labute approximate surface area is 235 Å². The van der Waals surface area contributed by atoms with E-state index in [1.807, 2.05) is 60.7 Å². The first-order valence-corrected chi connectivity index (χ1v) is 13.1. The maximum atomic E-state index is 13.7. The van der Waals surface area contributed by atoms with Crippen LogP contribution >= 0.6 is 12.4 Å². The average molecular weight is 556 g/mol. The molecule has 0 bridgehead atoms. The number of rotatable bonds is 11. The van der Waals surface area contributed by atoms with Crippen LogP contribution in [0.5, 0.6) is 0 Å². The molecule has 1 atom stereocenters. The van der Waals surface area contributed by atoms with Crippen molar-refractivity contribution in [2.45, 2.75) is 45.2 Å². The molecule has 5 N–H and O–H groups in total. The van der Waals surface area contributed by atoms with Gasteiger partial charge >= 0.3 is 5.97 Å². The van der Waals surface area contributed by atoms with Crippen molar-refractivity contribution in [3.63, 3.8) is 0 Å². The Balaban J connectivity index is 0.00000420. The second kappa shape index (κ2) is 12.9. The number of aryl methyl sites for hydroxylation is 1. The number of nitrogens with zero attached hydrogens (tertiary/aromatic N) is 3. The maximum absolute atomic E-state index is 13.7. The maximum Gasteiger partial charge on any atom is 0.319 e. The first kappa shape index (κ1) is 29.9. The van der Waals surface area contributed by atoms with Crippen LogP contribution in [-0.2, 0) is 33.5 Å². The summed E-state index contributed by atoms with van der Waals surface area (Å²) in [6, 6.07) is 13.2. The Hall–Kier alpha value is -3.63. The third-order valence-corrected chi connectivity index (χ3v) is 7.07. The number of carbonyl (C=O) groups is 2. The summed E-state index contributed by atoms with van der Waals surface area (Å²) in [5, 5.41) is 14.1. The largest absolute Gasteiger partial charge is 0.465 e. The van der Waals surface area contributed by atoms with Crippen LogP contribution in [0.3, 0.4) is 0 Å². The normalized spacial score (nSPS) is 14.5. The molecule has 4 rings (SSSR count). The fraction of sp³-hybridized carbons (Fsp3) is 0.429. The number of carbonyl (C=O) groups excluding carboxylic acids is 2. The third-order valence-electron chi connectivity index (χ3n) is 7.07. The highest BCUT2D eigenvalue weighted by Gasteiger charge is 2.39. The van der Waals surface area contributed by atoms with Gasteiger partial charge < -0.3 is 25.3 Å². The minimum atomic E-state index is -1.10. The number of fused-ring (bicyclic) bond motifs is 1. The Bertz CT molecular complexity index is 1320. The van der Waals surface area contributed by atoms with Crippen LogP contribution in [0.15, 0.2) is 42.5 Å². The summed E-state index contributed by atoms with van der Waals surface area (Å²) < 4.78 is 7.25. The van der Waals surface area contributed by atoms with Crippen molar-refractivity contribution in [2.75, 3.05) is 31.6 Å². The highest BCUT2D eigenvalue weighted by molar-refractivity contribution is 5.95. The number of ether oxygens (including phenoxy) is 1. The average Bonchev–Trinajstić information content (AvgIpc) is 3.57. The first-order chi connectivity index (χ1) is 18.2. The molecular formula is C28H38ClN7O3. The molecule has 1 aliphatic rings. The highest BCUT2D eigenvalue weighted by Crippen LogP contribution is 2.29. The van der Waals surface area contributed by atoms with Crippen LogP contribution in [-0.4, -0.2) is 58.4 Å². The van der Waals surface area contributed by atoms with E-state index in [1.54, 1.807) is 12.1 Å². The minimum absolute atomic E-state index is 0. The summed E-state index contributed by atoms with van der Waals surface area (Å²) in [5.41, 5.74) is 8.47. The molecule has 3 aromatic rings. The number of nitrogens with two attached hydrogens (primary N) is 1. The number of imidazole rings is 1. The molecule has 2 heterocycles. The number of amides is 1. The van der Waals surface area contributed by atoms with Crippen LogP contribution < -0.4 is 16.4 Å². The summed E-state index contributed by atoms with van der Waals surface area (Å²) in [5.74, 6) is 0.433. The van der Waals surface area contributed by atoms with Gasteiger partial charge in [-0.25, -0.2) is 4.98 Å². The Morgan fingerprint density at radius 3 is 2.49 bits per heavy atom. The van der Waals surface area contributed by atoms with E-state index in [0.29, 0.717) is 31.8 Å². The number of likely N-dealkylation sites (tertiary alicyclic amines) is 1. The van der Waals surface area contributed by atoms with Gasteiger partial charge in [-0.05, 0) is 68.1 Å². The molecule has 11 heteroatoms. The van der Waals surface area contributed by atoms with Gasteiger partial charge in [-0.1, -0.05) is 13.0 Å². The molecular weight excluding hydrogens is 518 g/mol.